The molecule has 1 heterocycles. The lowest BCUT2D eigenvalue weighted by Crippen LogP contribution is -1.94. The van der Waals surface area contributed by atoms with Crippen molar-refractivity contribution >= 4 is 27.4 Å². The van der Waals surface area contributed by atoms with E-state index in [0.717, 1.165) is 32.9 Å². The van der Waals surface area contributed by atoms with E-state index >= 15 is 0 Å². The van der Waals surface area contributed by atoms with Crippen LogP contribution in [-0.2, 0) is 0 Å². The lowest BCUT2D eigenvalue weighted by Gasteiger charge is -2.14. The summed E-state index contributed by atoms with van der Waals surface area (Å²) in [5.41, 5.74) is 2.41. The summed E-state index contributed by atoms with van der Waals surface area (Å²) >= 11 is 0. The second-order valence-corrected chi connectivity index (χ2v) is 6.03. The average molecular weight is 360 g/mol. The highest BCUT2D eigenvalue weighted by Gasteiger charge is 2.15. The van der Waals surface area contributed by atoms with E-state index in [1.165, 1.54) is 12.1 Å². The number of ether oxygens (including phenoxy) is 2. The van der Waals surface area contributed by atoms with E-state index in [1.54, 1.807) is 26.4 Å². The van der Waals surface area contributed by atoms with Gasteiger partial charge in [-0.05, 0) is 35.7 Å². The molecule has 0 saturated carbocycles. The largest absolute Gasteiger partial charge is 0.493 e. The molecule has 4 aromatic rings. The summed E-state index contributed by atoms with van der Waals surface area (Å²) in [6.07, 6.45) is 0. The zero-order valence-corrected chi connectivity index (χ0v) is 14.8. The highest BCUT2D eigenvalue weighted by atomic mass is 16.6. The van der Waals surface area contributed by atoms with Gasteiger partial charge in [0, 0.05) is 28.5 Å². The van der Waals surface area contributed by atoms with Crippen LogP contribution in [-0.4, -0.2) is 24.1 Å². The number of para-hydroxylation sites is 1. The maximum atomic E-state index is 10.9. The van der Waals surface area contributed by atoms with Crippen molar-refractivity contribution < 1.29 is 14.4 Å². The van der Waals surface area contributed by atoms with Gasteiger partial charge in [0.1, 0.15) is 0 Å². The number of methoxy groups -OCH3 is 2. The molecule has 134 valence electrons. The Labute approximate surface area is 155 Å². The first kappa shape index (κ1) is 16.8. The van der Waals surface area contributed by atoms with Crippen molar-refractivity contribution in [3.63, 3.8) is 0 Å². The number of pyridine rings is 1. The normalized spacial score (nSPS) is 10.9. The third-order valence-electron chi connectivity index (χ3n) is 4.56. The van der Waals surface area contributed by atoms with Crippen LogP contribution in [0.1, 0.15) is 0 Å². The van der Waals surface area contributed by atoms with Gasteiger partial charge in [-0.1, -0.05) is 18.2 Å². The molecule has 0 aliphatic carbocycles. The molecule has 3 aromatic carbocycles. The summed E-state index contributed by atoms with van der Waals surface area (Å²) in [6.45, 7) is 0. The van der Waals surface area contributed by atoms with E-state index in [1.807, 2.05) is 36.4 Å². The predicted octanol–water partition coefficient (Wildman–Crippen LogP) is 4.98. The maximum absolute atomic E-state index is 10.9. The third-order valence-corrected chi connectivity index (χ3v) is 4.56. The summed E-state index contributed by atoms with van der Waals surface area (Å²) in [5, 5.41) is 13.8. The van der Waals surface area contributed by atoms with Gasteiger partial charge < -0.3 is 9.47 Å². The first-order valence-electron chi connectivity index (χ1n) is 8.31. The molecule has 0 aliphatic rings. The quantitative estimate of drug-likeness (QED) is 0.291. The number of rotatable bonds is 4. The Balaban J connectivity index is 2.07. The minimum Gasteiger partial charge on any atom is -0.493 e. The van der Waals surface area contributed by atoms with Crippen molar-refractivity contribution in [1.82, 2.24) is 4.98 Å². The summed E-state index contributed by atoms with van der Waals surface area (Å²) in [6, 6.07) is 18.1. The van der Waals surface area contributed by atoms with E-state index in [-0.39, 0.29) is 5.69 Å². The topological polar surface area (TPSA) is 74.5 Å². The average Bonchev–Trinajstić information content (AvgIpc) is 2.72. The zero-order chi connectivity index (χ0) is 19.0. The molecule has 0 N–H and O–H groups in total. The second kappa shape index (κ2) is 6.57. The monoisotopic (exact) mass is 360 g/mol. The van der Waals surface area contributed by atoms with Gasteiger partial charge in [-0.2, -0.15) is 0 Å². The molecule has 27 heavy (non-hydrogen) atoms. The molecule has 0 radical (unpaired) electrons. The fraction of sp³-hybridized carbons (Fsp3) is 0.0952. The molecule has 4 rings (SSSR count). The van der Waals surface area contributed by atoms with Gasteiger partial charge in [0.05, 0.1) is 30.4 Å². The molecule has 1 aromatic heterocycles. The van der Waals surface area contributed by atoms with Crippen LogP contribution in [0.5, 0.6) is 11.5 Å². The molecule has 0 saturated heterocycles. The molecule has 0 atom stereocenters. The van der Waals surface area contributed by atoms with Crippen molar-refractivity contribution in [3.8, 4) is 22.8 Å². The van der Waals surface area contributed by atoms with Crippen LogP contribution in [0.2, 0.25) is 0 Å². The Morgan fingerprint density at radius 1 is 0.852 bits per heavy atom. The summed E-state index contributed by atoms with van der Waals surface area (Å²) in [5.74, 6) is 1.24. The number of nitrogens with zero attached hydrogens (tertiary/aromatic N) is 2. The Morgan fingerprint density at radius 3 is 2.11 bits per heavy atom. The van der Waals surface area contributed by atoms with Crippen LogP contribution in [0, 0.1) is 10.1 Å². The van der Waals surface area contributed by atoms with E-state index in [0.29, 0.717) is 11.5 Å². The number of aromatic nitrogens is 1. The van der Waals surface area contributed by atoms with Crippen LogP contribution in [0.25, 0.3) is 32.9 Å². The van der Waals surface area contributed by atoms with Gasteiger partial charge >= 0.3 is 0 Å². The number of nitro benzene ring substituents is 1. The van der Waals surface area contributed by atoms with Gasteiger partial charge in [0.15, 0.2) is 11.5 Å². The van der Waals surface area contributed by atoms with Gasteiger partial charge in [0.25, 0.3) is 5.69 Å². The van der Waals surface area contributed by atoms with Crippen molar-refractivity contribution in [2.24, 2.45) is 0 Å². The second-order valence-electron chi connectivity index (χ2n) is 6.03. The standard InChI is InChI=1S/C21H16N2O4/c1-26-19-11-16-15-5-3-4-6-18(15)22-21(17(16)12-20(19)27-2)13-7-9-14(10-8-13)23(24)25/h3-12H,1-2H3. The lowest BCUT2D eigenvalue weighted by atomic mass is 9.99. The van der Waals surface area contributed by atoms with Crippen LogP contribution >= 0.6 is 0 Å². The minimum atomic E-state index is -0.413. The molecular weight excluding hydrogens is 344 g/mol. The van der Waals surface area contributed by atoms with Gasteiger partial charge in [-0.3, -0.25) is 10.1 Å². The van der Waals surface area contributed by atoms with Crippen LogP contribution < -0.4 is 9.47 Å². The lowest BCUT2D eigenvalue weighted by molar-refractivity contribution is -0.384. The van der Waals surface area contributed by atoms with Gasteiger partial charge in [0.2, 0.25) is 0 Å². The number of fused-ring (bicyclic) bond motifs is 3. The number of benzene rings is 3. The minimum absolute atomic E-state index is 0.0445. The number of hydrogen-bond acceptors (Lipinski definition) is 5. The first-order valence-corrected chi connectivity index (χ1v) is 8.31. The van der Waals surface area contributed by atoms with E-state index < -0.39 is 4.92 Å². The number of hydrogen-bond donors (Lipinski definition) is 0. The Hall–Kier alpha value is -3.67. The number of nitro groups is 1. The summed E-state index contributed by atoms with van der Waals surface area (Å²) in [7, 11) is 3.19. The molecule has 0 bridgehead atoms. The van der Waals surface area contributed by atoms with Crippen molar-refractivity contribution in [1.29, 1.82) is 0 Å². The summed E-state index contributed by atoms with van der Waals surface area (Å²) in [4.78, 5) is 15.3. The molecule has 0 fully saturated rings. The molecule has 6 nitrogen and oxygen atoms in total. The van der Waals surface area contributed by atoms with Crippen LogP contribution in [0.15, 0.2) is 60.7 Å². The highest BCUT2D eigenvalue weighted by Crippen LogP contribution is 2.39. The van der Waals surface area contributed by atoms with Crippen LogP contribution in [0.4, 0.5) is 5.69 Å². The molecule has 0 spiro atoms. The van der Waals surface area contributed by atoms with E-state index in [9.17, 15) is 10.1 Å². The van der Waals surface area contributed by atoms with Gasteiger partial charge in [-0.25, -0.2) is 4.98 Å². The molecule has 6 heteroatoms. The van der Waals surface area contributed by atoms with E-state index in [4.69, 9.17) is 14.5 Å². The molecule has 0 amide bonds. The first-order chi connectivity index (χ1) is 13.1. The zero-order valence-electron chi connectivity index (χ0n) is 14.8. The predicted molar refractivity (Wildman–Crippen MR) is 104 cm³/mol. The SMILES string of the molecule is COc1cc2c(-c3ccc([N+](=O)[O-])cc3)nc3ccccc3c2cc1OC. The molecular formula is C21H16N2O4. The Kier molecular flexibility index (Phi) is 4.08. The number of non-ortho nitro benzene ring substituents is 1. The highest BCUT2D eigenvalue weighted by molar-refractivity contribution is 6.11. The Bertz CT molecular complexity index is 1170. The van der Waals surface area contributed by atoms with Crippen molar-refractivity contribution in [2.45, 2.75) is 0 Å². The van der Waals surface area contributed by atoms with Crippen LogP contribution in [0.3, 0.4) is 0 Å². The third kappa shape index (κ3) is 2.81. The van der Waals surface area contributed by atoms with Crippen molar-refractivity contribution in [3.05, 3.63) is 70.8 Å². The smallest absolute Gasteiger partial charge is 0.269 e. The fourth-order valence-corrected chi connectivity index (χ4v) is 3.24. The Morgan fingerprint density at radius 2 is 1.48 bits per heavy atom. The molecule has 0 aliphatic heterocycles. The van der Waals surface area contributed by atoms with Crippen molar-refractivity contribution in [2.75, 3.05) is 14.2 Å². The van der Waals surface area contributed by atoms with Gasteiger partial charge in [-0.15, -0.1) is 0 Å². The molecule has 0 unspecified atom stereocenters. The summed E-state index contributed by atoms with van der Waals surface area (Å²) < 4.78 is 10.9. The van der Waals surface area contributed by atoms with E-state index in [2.05, 4.69) is 0 Å². The fourth-order valence-electron chi connectivity index (χ4n) is 3.24. The maximum Gasteiger partial charge on any atom is 0.269 e.